The number of allylic oxidation sites excluding steroid dienone is 2. The van der Waals surface area contributed by atoms with E-state index in [1.54, 1.807) is 6.07 Å². The lowest BCUT2D eigenvalue weighted by Gasteiger charge is -2.29. The standard InChI is InChI=1S/C26H26F2N4O2/c1-4-7-29-24(16(2)3)26(33)17-5-6-20(27)18(12-17)25-19-13-21(28)23(14-22(19)30-15-31-25)32-8-10-34-11-9-32/h4-7,12-15,26,33H,1,8-11H2,2-3H3/b29-7-. The molecule has 0 aliphatic carbocycles. The van der Waals surface area contributed by atoms with Crippen LogP contribution in [0.2, 0.25) is 0 Å². The molecule has 34 heavy (non-hydrogen) atoms. The van der Waals surface area contributed by atoms with Crippen LogP contribution in [0.4, 0.5) is 14.5 Å². The van der Waals surface area contributed by atoms with Crippen molar-refractivity contribution in [2.45, 2.75) is 20.0 Å². The quantitative estimate of drug-likeness (QED) is 0.520. The maximum absolute atomic E-state index is 15.1. The summed E-state index contributed by atoms with van der Waals surface area (Å²) in [5.41, 5.74) is 3.00. The molecule has 2 aromatic carbocycles. The van der Waals surface area contributed by atoms with Gasteiger partial charge in [0, 0.05) is 30.3 Å². The van der Waals surface area contributed by atoms with Crippen molar-refractivity contribution in [1.82, 2.24) is 9.97 Å². The van der Waals surface area contributed by atoms with Crippen molar-refractivity contribution in [2.75, 3.05) is 31.2 Å². The molecule has 1 aliphatic heterocycles. The fraction of sp³-hybridized carbons (Fsp3) is 0.269. The molecule has 3 aromatic rings. The Morgan fingerprint density at radius 2 is 1.91 bits per heavy atom. The van der Waals surface area contributed by atoms with Crippen molar-refractivity contribution in [3.05, 3.63) is 77.8 Å². The Morgan fingerprint density at radius 1 is 1.15 bits per heavy atom. The molecule has 176 valence electrons. The lowest BCUT2D eigenvalue weighted by atomic mass is 9.98. The number of hydrogen-bond donors (Lipinski definition) is 1. The van der Waals surface area contributed by atoms with Gasteiger partial charge in [-0.1, -0.05) is 24.3 Å². The van der Waals surface area contributed by atoms with Gasteiger partial charge in [-0.3, -0.25) is 4.99 Å². The number of aliphatic imine (C=N–C) groups is 1. The molecule has 0 amide bonds. The Labute approximate surface area is 196 Å². The summed E-state index contributed by atoms with van der Waals surface area (Å²) < 4.78 is 35.4. The van der Waals surface area contributed by atoms with Crippen molar-refractivity contribution < 1.29 is 18.6 Å². The first kappa shape index (κ1) is 23.7. The highest BCUT2D eigenvalue weighted by Gasteiger charge is 2.21. The monoisotopic (exact) mass is 464 g/mol. The molecular weight excluding hydrogens is 438 g/mol. The van der Waals surface area contributed by atoms with E-state index in [1.165, 1.54) is 42.9 Å². The zero-order chi connectivity index (χ0) is 24.2. The van der Waals surface area contributed by atoms with Gasteiger partial charge in [0.25, 0.3) is 0 Å². The fourth-order valence-electron chi connectivity index (χ4n) is 3.99. The number of rotatable bonds is 6. The number of aliphatic hydroxyl groups excluding tert-OH is 1. The Hall–Kier alpha value is -3.49. The maximum atomic E-state index is 15.1. The highest BCUT2D eigenvalue weighted by atomic mass is 19.1. The molecular formula is C26H26F2N4O2. The maximum Gasteiger partial charge on any atom is 0.147 e. The predicted octanol–water partition coefficient (Wildman–Crippen LogP) is 5.00. The van der Waals surface area contributed by atoms with Crippen molar-refractivity contribution in [1.29, 1.82) is 0 Å². The summed E-state index contributed by atoms with van der Waals surface area (Å²) in [6, 6.07) is 7.27. The Kier molecular flexibility index (Phi) is 7.09. The number of benzene rings is 2. The number of hydrogen-bond acceptors (Lipinski definition) is 6. The van der Waals surface area contributed by atoms with E-state index in [0.29, 0.717) is 54.2 Å². The minimum atomic E-state index is -1.08. The minimum absolute atomic E-state index is 0.142. The van der Waals surface area contributed by atoms with Gasteiger partial charge in [0.05, 0.1) is 35.8 Å². The first-order valence-corrected chi connectivity index (χ1v) is 11.0. The number of ether oxygens (including phenoxy) is 1. The van der Waals surface area contributed by atoms with Crippen LogP contribution in [-0.2, 0) is 4.74 Å². The van der Waals surface area contributed by atoms with Gasteiger partial charge in [0.15, 0.2) is 0 Å². The Balaban J connectivity index is 1.80. The predicted molar refractivity (Wildman–Crippen MR) is 130 cm³/mol. The third kappa shape index (κ3) is 4.73. The van der Waals surface area contributed by atoms with Gasteiger partial charge in [-0.15, -0.1) is 0 Å². The molecule has 1 atom stereocenters. The van der Waals surface area contributed by atoms with Gasteiger partial charge >= 0.3 is 0 Å². The van der Waals surface area contributed by atoms with E-state index >= 15 is 4.39 Å². The summed E-state index contributed by atoms with van der Waals surface area (Å²) in [5, 5.41) is 11.3. The number of nitrogens with zero attached hydrogens (tertiary/aromatic N) is 4. The molecule has 1 aromatic heterocycles. The van der Waals surface area contributed by atoms with Crippen molar-refractivity contribution in [3.63, 3.8) is 0 Å². The second-order valence-corrected chi connectivity index (χ2v) is 8.18. The summed E-state index contributed by atoms with van der Waals surface area (Å²) in [5.74, 6) is -0.977. The van der Waals surface area contributed by atoms with Crippen LogP contribution in [0.5, 0.6) is 0 Å². The SMILES string of the molecule is C=C/C=N\C(=C(C)C)C(O)c1ccc(F)c(-c2ncnc3cc(N4CCOCC4)c(F)cc23)c1. The average Bonchev–Trinajstić information content (AvgIpc) is 2.84. The van der Waals surface area contributed by atoms with Gasteiger partial charge in [-0.25, -0.2) is 18.7 Å². The second-order valence-electron chi connectivity index (χ2n) is 8.18. The Morgan fingerprint density at radius 3 is 2.62 bits per heavy atom. The van der Waals surface area contributed by atoms with Crippen molar-refractivity contribution in [3.8, 4) is 11.3 Å². The van der Waals surface area contributed by atoms with Gasteiger partial charge in [0.2, 0.25) is 0 Å². The molecule has 0 saturated carbocycles. The van der Waals surface area contributed by atoms with E-state index in [9.17, 15) is 9.50 Å². The van der Waals surface area contributed by atoms with Gasteiger partial charge < -0.3 is 14.7 Å². The molecule has 8 heteroatoms. The van der Waals surface area contributed by atoms with Crippen LogP contribution < -0.4 is 4.90 Å². The van der Waals surface area contributed by atoms with Crippen LogP contribution in [0, 0.1) is 11.6 Å². The largest absolute Gasteiger partial charge is 0.382 e. The zero-order valence-corrected chi connectivity index (χ0v) is 19.1. The van der Waals surface area contributed by atoms with Crippen LogP contribution in [0.3, 0.4) is 0 Å². The van der Waals surface area contributed by atoms with Crippen LogP contribution >= 0.6 is 0 Å². The summed E-state index contributed by atoms with van der Waals surface area (Å²) in [6.07, 6.45) is 3.25. The second kappa shape index (κ2) is 10.2. The lowest BCUT2D eigenvalue weighted by molar-refractivity contribution is 0.122. The molecule has 0 radical (unpaired) electrons. The van der Waals surface area contributed by atoms with E-state index in [4.69, 9.17) is 4.74 Å². The van der Waals surface area contributed by atoms with E-state index in [0.717, 1.165) is 5.57 Å². The number of morpholine rings is 1. The third-order valence-corrected chi connectivity index (χ3v) is 5.71. The first-order chi connectivity index (χ1) is 16.4. The average molecular weight is 465 g/mol. The lowest BCUT2D eigenvalue weighted by Crippen LogP contribution is -2.36. The van der Waals surface area contributed by atoms with E-state index < -0.39 is 17.7 Å². The number of fused-ring (bicyclic) bond motifs is 1. The molecule has 0 bridgehead atoms. The Bertz CT molecular complexity index is 1280. The molecule has 4 rings (SSSR count). The normalized spacial score (nSPS) is 15.0. The van der Waals surface area contributed by atoms with E-state index in [-0.39, 0.29) is 11.3 Å². The van der Waals surface area contributed by atoms with Crippen molar-refractivity contribution >= 4 is 22.8 Å². The number of anilines is 1. The number of aromatic nitrogens is 2. The smallest absolute Gasteiger partial charge is 0.147 e. The summed E-state index contributed by atoms with van der Waals surface area (Å²) in [7, 11) is 0. The van der Waals surface area contributed by atoms with Gasteiger partial charge in [-0.05, 0) is 43.7 Å². The summed E-state index contributed by atoms with van der Waals surface area (Å²) in [4.78, 5) is 14.7. The fourth-order valence-corrected chi connectivity index (χ4v) is 3.99. The number of halogens is 2. The van der Waals surface area contributed by atoms with Gasteiger partial charge in [0.1, 0.15) is 24.1 Å². The minimum Gasteiger partial charge on any atom is -0.382 e. The molecule has 0 spiro atoms. The van der Waals surface area contributed by atoms with Crippen LogP contribution in [0.1, 0.15) is 25.5 Å². The van der Waals surface area contributed by atoms with E-state index in [2.05, 4.69) is 21.5 Å². The summed E-state index contributed by atoms with van der Waals surface area (Å²) >= 11 is 0. The zero-order valence-electron chi connectivity index (χ0n) is 19.1. The molecule has 1 saturated heterocycles. The summed E-state index contributed by atoms with van der Waals surface area (Å²) in [6.45, 7) is 9.47. The molecule has 1 aliphatic rings. The highest BCUT2D eigenvalue weighted by molar-refractivity contribution is 5.94. The number of aliphatic hydroxyl groups is 1. The highest BCUT2D eigenvalue weighted by Crippen LogP contribution is 2.34. The topological polar surface area (TPSA) is 70.8 Å². The van der Waals surface area contributed by atoms with Crippen LogP contribution in [-0.4, -0.2) is 47.6 Å². The first-order valence-electron chi connectivity index (χ1n) is 11.0. The van der Waals surface area contributed by atoms with Crippen LogP contribution in [0.25, 0.3) is 22.2 Å². The van der Waals surface area contributed by atoms with E-state index in [1.807, 2.05) is 18.7 Å². The van der Waals surface area contributed by atoms with Crippen LogP contribution in [0.15, 0.2) is 65.6 Å². The molecule has 6 nitrogen and oxygen atoms in total. The molecule has 1 unspecified atom stereocenters. The molecule has 1 N–H and O–H groups in total. The molecule has 1 fully saturated rings. The van der Waals surface area contributed by atoms with Crippen molar-refractivity contribution in [2.24, 2.45) is 4.99 Å². The molecule has 2 heterocycles. The third-order valence-electron chi connectivity index (χ3n) is 5.71. The van der Waals surface area contributed by atoms with Gasteiger partial charge in [-0.2, -0.15) is 0 Å².